The fraction of sp³-hybridized carbons (Fsp3) is 0.300. The second-order valence-electron chi connectivity index (χ2n) is 6.82. The van der Waals surface area contributed by atoms with E-state index >= 15 is 0 Å². The van der Waals surface area contributed by atoms with Gasteiger partial charge in [0.15, 0.2) is 0 Å². The fourth-order valence-corrected chi connectivity index (χ4v) is 3.79. The molecule has 27 heavy (non-hydrogen) atoms. The topological polar surface area (TPSA) is 43.9 Å². The summed E-state index contributed by atoms with van der Waals surface area (Å²) in [4.78, 5) is 30.4. The van der Waals surface area contributed by atoms with Crippen molar-refractivity contribution in [3.05, 3.63) is 70.0 Å². The van der Waals surface area contributed by atoms with Crippen molar-refractivity contribution in [2.45, 2.75) is 6.54 Å². The number of imide groups is 1. The van der Waals surface area contributed by atoms with Crippen LogP contribution in [0, 0.1) is 5.82 Å². The number of amides is 2. The first kappa shape index (κ1) is 18.1. The van der Waals surface area contributed by atoms with Crippen LogP contribution in [0.1, 0.15) is 26.3 Å². The van der Waals surface area contributed by atoms with E-state index in [-0.39, 0.29) is 24.3 Å². The van der Waals surface area contributed by atoms with Gasteiger partial charge in [-0.05, 0) is 24.3 Å². The summed E-state index contributed by atoms with van der Waals surface area (Å²) in [6.45, 7) is 3.55. The molecule has 5 nitrogen and oxygen atoms in total. The summed E-state index contributed by atoms with van der Waals surface area (Å²) in [6, 6.07) is 11.6. The third kappa shape index (κ3) is 3.48. The maximum Gasteiger partial charge on any atom is 0.262 e. The maximum atomic E-state index is 14.0. The van der Waals surface area contributed by atoms with Crippen LogP contribution in [0.25, 0.3) is 0 Å². The lowest BCUT2D eigenvalue weighted by Gasteiger charge is -2.36. The molecule has 0 saturated carbocycles. The standard InChI is InChI=1S/C20H19ClFN3O2/c21-17-6-3-7-18(22)16(17)12-23-8-10-24(11-9-23)13-25-19(26)14-4-1-2-5-15(14)20(25)27/h1-7H,8-13H2. The summed E-state index contributed by atoms with van der Waals surface area (Å²) >= 11 is 6.11. The molecule has 1 fully saturated rings. The van der Waals surface area contributed by atoms with Crippen LogP contribution in [0.5, 0.6) is 0 Å². The zero-order chi connectivity index (χ0) is 19.0. The third-order valence-electron chi connectivity index (χ3n) is 5.13. The largest absolute Gasteiger partial charge is 0.296 e. The van der Waals surface area contributed by atoms with E-state index in [0.29, 0.717) is 54.4 Å². The van der Waals surface area contributed by atoms with E-state index in [1.807, 2.05) is 0 Å². The van der Waals surface area contributed by atoms with Gasteiger partial charge in [-0.3, -0.25) is 24.3 Å². The molecule has 1 saturated heterocycles. The van der Waals surface area contributed by atoms with Gasteiger partial charge in [-0.25, -0.2) is 4.39 Å². The molecule has 0 aromatic heterocycles. The zero-order valence-corrected chi connectivity index (χ0v) is 15.5. The van der Waals surface area contributed by atoms with E-state index in [4.69, 9.17) is 11.6 Å². The third-order valence-corrected chi connectivity index (χ3v) is 5.48. The number of rotatable bonds is 4. The number of carbonyl (C=O) groups is 2. The molecule has 2 heterocycles. The van der Waals surface area contributed by atoms with Crippen LogP contribution in [0.15, 0.2) is 42.5 Å². The SMILES string of the molecule is O=C1c2ccccc2C(=O)N1CN1CCN(Cc2c(F)cccc2Cl)CC1. The highest BCUT2D eigenvalue weighted by Crippen LogP contribution is 2.24. The number of piperazine rings is 1. The van der Waals surface area contributed by atoms with E-state index in [1.54, 1.807) is 36.4 Å². The highest BCUT2D eigenvalue weighted by atomic mass is 35.5. The highest BCUT2D eigenvalue weighted by Gasteiger charge is 2.36. The number of hydrogen-bond donors (Lipinski definition) is 0. The number of hydrogen-bond acceptors (Lipinski definition) is 4. The molecule has 0 aliphatic carbocycles. The van der Waals surface area contributed by atoms with E-state index in [1.165, 1.54) is 11.0 Å². The second kappa shape index (κ2) is 7.38. The number of carbonyl (C=O) groups excluding carboxylic acids is 2. The quantitative estimate of drug-likeness (QED) is 0.757. The molecule has 2 aromatic carbocycles. The Hall–Kier alpha value is -2.28. The van der Waals surface area contributed by atoms with Crippen molar-refractivity contribution in [3.8, 4) is 0 Å². The first-order valence-corrected chi connectivity index (χ1v) is 9.25. The van der Waals surface area contributed by atoms with Crippen molar-refractivity contribution in [1.29, 1.82) is 0 Å². The normalized spacial score (nSPS) is 18.2. The Morgan fingerprint density at radius 2 is 1.44 bits per heavy atom. The Kier molecular flexibility index (Phi) is 4.95. The number of fused-ring (bicyclic) bond motifs is 1. The summed E-state index contributed by atoms with van der Waals surface area (Å²) in [7, 11) is 0. The molecule has 0 N–H and O–H groups in total. The molecule has 7 heteroatoms. The minimum absolute atomic E-state index is 0.240. The van der Waals surface area contributed by atoms with Gasteiger partial charge in [0.2, 0.25) is 0 Å². The van der Waals surface area contributed by atoms with Gasteiger partial charge in [-0.1, -0.05) is 29.8 Å². The molecule has 2 aliphatic rings. The highest BCUT2D eigenvalue weighted by molar-refractivity contribution is 6.31. The zero-order valence-electron chi connectivity index (χ0n) is 14.7. The Morgan fingerprint density at radius 3 is 2.04 bits per heavy atom. The van der Waals surface area contributed by atoms with Gasteiger partial charge in [0, 0.05) is 43.3 Å². The van der Waals surface area contributed by atoms with Gasteiger partial charge in [0.1, 0.15) is 5.82 Å². The molecule has 0 bridgehead atoms. The second-order valence-corrected chi connectivity index (χ2v) is 7.23. The predicted molar refractivity (Wildman–Crippen MR) is 100 cm³/mol. The van der Waals surface area contributed by atoms with Crippen molar-refractivity contribution in [3.63, 3.8) is 0 Å². The van der Waals surface area contributed by atoms with E-state index in [0.717, 1.165) is 0 Å². The first-order chi connectivity index (χ1) is 13.0. The van der Waals surface area contributed by atoms with Crippen molar-refractivity contribution < 1.29 is 14.0 Å². The molecule has 140 valence electrons. The monoisotopic (exact) mass is 387 g/mol. The molecular formula is C20H19ClFN3O2. The summed E-state index contributed by atoms with van der Waals surface area (Å²) in [5.41, 5.74) is 1.44. The summed E-state index contributed by atoms with van der Waals surface area (Å²) in [5, 5.41) is 0.434. The van der Waals surface area contributed by atoms with Gasteiger partial charge >= 0.3 is 0 Å². The lowest BCUT2D eigenvalue weighted by Crippen LogP contribution is -2.50. The predicted octanol–water partition coefficient (Wildman–Crippen LogP) is 2.85. The van der Waals surface area contributed by atoms with Crippen molar-refractivity contribution in [2.75, 3.05) is 32.8 Å². The Balaban J connectivity index is 1.35. The fourth-order valence-electron chi connectivity index (χ4n) is 3.56. The minimum Gasteiger partial charge on any atom is -0.296 e. The molecular weight excluding hydrogens is 369 g/mol. The molecule has 2 aliphatic heterocycles. The summed E-state index contributed by atoms with van der Waals surface area (Å²) in [5.74, 6) is -0.775. The van der Waals surface area contributed by atoms with Gasteiger partial charge < -0.3 is 0 Å². The van der Waals surface area contributed by atoms with E-state index in [9.17, 15) is 14.0 Å². The van der Waals surface area contributed by atoms with E-state index in [2.05, 4.69) is 9.80 Å². The lowest BCUT2D eigenvalue weighted by molar-refractivity contribution is 0.0446. The van der Waals surface area contributed by atoms with Crippen LogP contribution in [0.2, 0.25) is 5.02 Å². The van der Waals surface area contributed by atoms with Crippen LogP contribution in [0.4, 0.5) is 4.39 Å². The van der Waals surface area contributed by atoms with Crippen molar-refractivity contribution in [2.24, 2.45) is 0 Å². The van der Waals surface area contributed by atoms with Crippen molar-refractivity contribution in [1.82, 2.24) is 14.7 Å². The average molecular weight is 388 g/mol. The molecule has 0 unspecified atom stereocenters. The summed E-state index contributed by atoms with van der Waals surface area (Å²) < 4.78 is 14.0. The van der Waals surface area contributed by atoms with Gasteiger partial charge in [0.25, 0.3) is 11.8 Å². The Morgan fingerprint density at radius 1 is 0.852 bits per heavy atom. The van der Waals surface area contributed by atoms with Gasteiger partial charge in [-0.15, -0.1) is 0 Å². The van der Waals surface area contributed by atoms with Crippen LogP contribution in [0.3, 0.4) is 0 Å². The van der Waals surface area contributed by atoms with Crippen LogP contribution >= 0.6 is 11.6 Å². The van der Waals surface area contributed by atoms with Gasteiger partial charge in [0.05, 0.1) is 17.8 Å². The van der Waals surface area contributed by atoms with Crippen molar-refractivity contribution >= 4 is 23.4 Å². The maximum absolute atomic E-state index is 14.0. The number of nitrogens with zero attached hydrogens (tertiary/aromatic N) is 3. The molecule has 0 radical (unpaired) electrons. The average Bonchev–Trinajstić information content (AvgIpc) is 2.91. The molecule has 0 spiro atoms. The Bertz CT molecular complexity index is 841. The Labute approximate surface area is 161 Å². The minimum atomic E-state index is -0.295. The molecule has 4 rings (SSSR count). The summed E-state index contributed by atoms with van der Waals surface area (Å²) in [6.07, 6.45) is 0. The molecule has 0 atom stereocenters. The smallest absolute Gasteiger partial charge is 0.262 e. The lowest BCUT2D eigenvalue weighted by atomic mass is 10.1. The number of benzene rings is 2. The van der Waals surface area contributed by atoms with Crippen LogP contribution < -0.4 is 0 Å². The van der Waals surface area contributed by atoms with E-state index < -0.39 is 0 Å². The first-order valence-electron chi connectivity index (χ1n) is 8.87. The molecule has 2 amide bonds. The van der Waals surface area contributed by atoms with Crippen LogP contribution in [-0.2, 0) is 6.54 Å². The van der Waals surface area contributed by atoms with Crippen LogP contribution in [-0.4, -0.2) is 59.4 Å². The van der Waals surface area contributed by atoms with Gasteiger partial charge in [-0.2, -0.15) is 0 Å². The number of halogens is 2. The molecule has 2 aromatic rings.